The van der Waals surface area contributed by atoms with Crippen molar-refractivity contribution in [3.63, 3.8) is 0 Å². The summed E-state index contributed by atoms with van der Waals surface area (Å²) in [4.78, 5) is 29.1. The Balaban J connectivity index is 1.64. The number of oxazole rings is 1. The van der Waals surface area contributed by atoms with Gasteiger partial charge in [0.1, 0.15) is 11.8 Å². The van der Waals surface area contributed by atoms with Gasteiger partial charge in [-0.05, 0) is 36.8 Å². The molecule has 3 amide bonds. The zero-order chi connectivity index (χ0) is 25.4. The summed E-state index contributed by atoms with van der Waals surface area (Å²) in [6.45, 7) is 4.37. The first-order chi connectivity index (χ1) is 16.8. The fourth-order valence-corrected chi connectivity index (χ4v) is 3.58. The average molecular weight is 520 g/mol. The van der Waals surface area contributed by atoms with Crippen LogP contribution in [0.1, 0.15) is 18.4 Å². The van der Waals surface area contributed by atoms with Crippen molar-refractivity contribution in [2.45, 2.75) is 26.4 Å². The second-order valence-electron chi connectivity index (χ2n) is 7.56. The maximum atomic E-state index is 12.6. The summed E-state index contributed by atoms with van der Waals surface area (Å²) in [5, 5.41) is 12.2. The molecule has 9 nitrogen and oxygen atoms in total. The number of hydrogen-bond acceptors (Lipinski definition) is 6. The molecule has 11 heteroatoms. The number of hydrogen-bond donors (Lipinski definition) is 4. The molecule has 0 saturated carbocycles. The Bertz CT molecular complexity index is 1180. The van der Waals surface area contributed by atoms with Crippen LogP contribution in [0.25, 0.3) is 11.3 Å². The first kappa shape index (κ1) is 26.2. The van der Waals surface area contributed by atoms with E-state index in [9.17, 15) is 9.59 Å². The van der Waals surface area contributed by atoms with Crippen molar-refractivity contribution in [3.05, 3.63) is 64.1 Å². The number of methoxy groups -OCH3 is 1. The van der Waals surface area contributed by atoms with Crippen molar-refractivity contribution in [2.24, 2.45) is 0 Å². The van der Waals surface area contributed by atoms with E-state index in [4.69, 9.17) is 32.4 Å². The number of halogens is 2. The van der Waals surface area contributed by atoms with Crippen LogP contribution in [0.15, 0.2) is 47.0 Å². The van der Waals surface area contributed by atoms with Crippen molar-refractivity contribution in [3.8, 4) is 17.1 Å². The molecule has 186 valence electrons. The molecule has 0 aliphatic carbocycles. The quantitative estimate of drug-likeness (QED) is 0.315. The lowest BCUT2D eigenvalue weighted by Gasteiger charge is -2.20. The number of carbonyl (C=O) groups excluding carboxylic acids is 2. The van der Waals surface area contributed by atoms with Crippen LogP contribution in [0, 0.1) is 6.92 Å². The van der Waals surface area contributed by atoms with Crippen LogP contribution in [0.4, 0.5) is 10.5 Å². The summed E-state index contributed by atoms with van der Waals surface area (Å²) >= 11 is 11.9. The number of benzene rings is 2. The Hall–Kier alpha value is -3.43. The molecule has 0 fully saturated rings. The molecule has 3 rings (SSSR count). The topological polar surface area (TPSA) is 118 Å². The molecule has 4 N–H and O–H groups in total. The van der Waals surface area contributed by atoms with Crippen LogP contribution in [0.3, 0.4) is 0 Å². The molecule has 3 aromatic rings. The zero-order valence-electron chi connectivity index (χ0n) is 19.6. The van der Waals surface area contributed by atoms with E-state index in [2.05, 4.69) is 26.3 Å². The number of carbonyl (C=O) groups is 2. The van der Waals surface area contributed by atoms with Crippen LogP contribution in [-0.4, -0.2) is 43.2 Å². The third-order valence-corrected chi connectivity index (χ3v) is 5.75. The molecule has 0 saturated heterocycles. The van der Waals surface area contributed by atoms with Crippen LogP contribution in [-0.2, 0) is 11.3 Å². The lowest BCUT2D eigenvalue weighted by Crippen LogP contribution is -2.52. The molecule has 1 aromatic heterocycles. The van der Waals surface area contributed by atoms with Gasteiger partial charge in [0.05, 0.1) is 28.9 Å². The molecule has 0 spiro atoms. The third-order valence-electron chi connectivity index (χ3n) is 5.01. The molecule has 0 aliphatic heterocycles. The Kier molecular flexibility index (Phi) is 9.22. The van der Waals surface area contributed by atoms with E-state index in [-0.39, 0.29) is 19.0 Å². The van der Waals surface area contributed by atoms with Crippen molar-refractivity contribution >= 4 is 40.8 Å². The molecule has 35 heavy (non-hydrogen) atoms. The Labute approximate surface area is 213 Å². The fourth-order valence-electron chi connectivity index (χ4n) is 3.26. The minimum atomic E-state index is -0.827. The van der Waals surface area contributed by atoms with Crippen molar-refractivity contribution < 1.29 is 18.7 Å². The van der Waals surface area contributed by atoms with E-state index < -0.39 is 12.1 Å². The van der Waals surface area contributed by atoms with Crippen LogP contribution >= 0.6 is 23.2 Å². The van der Waals surface area contributed by atoms with E-state index in [0.717, 1.165) is 11.1 Å². The number of urea groups is 1. The summed E-state index contributed by atoms with van der Waals surface area (Å²) in [6, 6.07) is 9.21. The lowest BCUT2D eigenvalue weighted by atomic mass is 10.1. The smallest absolute Gasteiger partial charge is 0.315 e. The van der Waals surface area contributed by atoms with Gasteiger partial charge in [0.2, 0.25) is 5.91 Å². The van der Waals surface area contributed by atoms with Crippen LogP contribution in [0.5, 0.6) is 5.75 Å². The number of aromatic nitrogens is 1. The van der Waals surface area contributed by atoms with Crippen molar-refractivity contribution in [1.29, 1.82) is 0 Å². The second-order valence-corrected chi connectivity index (χ2v) is 8.38. The summed E-state index contributed by atoms with van der Waals surface area (Å²) in [5.41, 5.74) is 2.23. The number of amides is 3. The number of rotatable bonds is 10. The molecule has 1 atom stereocenters. The van der Waals surface area contributed by atoms with E-state index >= 15 is 0 Å². The highest BCUT2D eigenvalue weighted by Gasteiger charge is 2.20. The van der Waals surface area contributed by atoms with Gasteiger partial charge in [-0.15, -0.1) is 0 Å². The highest BCUT2D eigenvalue weighted by atomic mass is 35.5. The van der Waals surface area contributed by atoms with Crippen LogP contribution < -0.4 is 26.0 Å². The average Bonchev–Trinajstić information content (AvgIpc) is 3.28. The molecule has 0 aliphatic rings. The monoisotopic (exact) mass is 519 g/mol. The summed E-state index contributed by atoms with van der Waals surface area (Å²) < 4.78 is 11.1. The maximum absolute atomic E-state index is 12.6. The number of likely N-dealkylation sites (N-methyl/N-ethyl adjacent to an activating group) is 1. The molecule has 0 bridgehead atoms. The second kappa shape index (κ2) is 12.3. The molecule has 1 heterocycles. The van der Waals surface area contributed by atoms with Gasteiger partial charge in [0.25, 0.3) is 0 Å². The molecular weight excluding hydrogens is 493 g/mol. The Morgan fingerprint density at radius 2 is 1.91 bits per heavy atom. The van der Waals surface area contributed by atoms with Gasteiger partial charge in [-0.2, -0.15) is 0 Å². The van der Waals surface area contributed by atoms with Crippen molar-refractivity contribution in [1.82, 2.24) is 20.9 Å². The van der Waals surface area contributed by atoms with Gasteiger partial charge in [0.15, 0.2) is 11.7 Å². The van der Waals surface area contributed by atoms with Gasteiger partial charge in [-0.1, -0.05) is 29.3 Å². The van der Waals surface area contributed by atoms with E-state index in [1.165, 1.54) is 0 Å². The normalized spacial score (nSPS) is 11.5. The predicted molar refractivity (Wildman–Crippen MR) is 136 cm³/mol. The Morgan fingerprint density at radius 1 is 1.11 bits per heavy atom. The highest BCUT2D eigenvalue weighted by Crippen LogP contribution is 2.32. The van der Waals surface area contributed by atoms with Gasteiger partial charge < -0.3 is 30.4 Å². The van der Waals surface area contributed by atoms with E-state index in [1.54, 1.807) is 44.5 Å². The number of anilines is 1. The summed E-state index contributed by atoms with van der Waals surface area (Å²) in [7, 11) is 1.56. The standard InChI is InChI=1S/C24H27Cl2N5O4/c1-4-27-23(32)20(31-24(33)30-11-15-5-8-18(25)19(26)9-15)12-29-16-6-7-17(21(10-16)34-3)22-13-28-14(2)35-22/h5-10,13,20,29H,4,11-12H2,1-3H3,(H,27,32)(H2,30,31,33). The third kappa shape index (κ3) is 7.27. The molecule has 0 radical (unpaired) electrons. The zero-order valence-corrected chi connectivity index (χ0v) is 21.1. The largest absolute Gasteiger partial charge is 0.496 e. The van der Waals surface area contributed by atoms with Gasteiger partial charge in [-0.25, -0.2) is 9.78 Å². The summed E-state index contributed by atoms with van der Waals surface area (Å²) in [5.74, 6) is 1.41. The van der Waals surface area contributed by atoms with E-state index in [0.29, 0.717) is 39.7 Å². The maximum Gasteiger partial charge on any atom is 0.315 e. The number of ether oxygens (including phenoxy) is 1. The molecule has 2 aromatic carbocycles. The van der Waals surface area contributed by atoms with Crippen molar-refractivity contribution in [2.75, 3.05) is 25.5 Å². The lowest BCUT2D eigenvalue weighted by molar-refractivity contribution is -0.122. The molecule has 1 unspecified atom stereocenters. The number of nitrogens with zero attached hydrogens (tertiary/aromatic N) is 1. The SMILES string of the molecule is CCNC(=O)C(CNc1ccc(-c2cnc(C)o2)c(OC)c1)NC(=O)NCc1ccc(Cl)c(Cl)c1. The van der Waals surface area contributed by atoms with Gasteiger partial charge in [0, 0.05) is 38.3 Å². The number of nitrogens with one attached hydrogen (secondary N) is 4. The highest BCUT2D eigenvalue weighted by molar-refractivity contribution is 6.42. The molecular formula is C24H27Cl2N5O4. The first-order valence-electron chi connectivity index (χ1n) is 10.9. The fraction of sp³-hybridized carbons (Fsp3) is 0.292. The minimum absolute atomic E-state index is 0.149. The first-order valence-corrected chi connectivity index (χ1v) is 11.7. The van der Waals surface area contributed by atoms with Gasteiger partial charge >= 0.3 is 6.03 Å². The number of aryl methyl sites for hydroxylation is 1. The van der Waals surface area contributed by atoms with Crippen LogP contribution in [0.2, 0.25) is 10.0 Å². The minimum Gasteiger partial charge on any atom is -0.496 e. The Morgan fingerprint density at radius 3 is 2.57 bits per heavy atom. The predicted octanol–water partition coefficient (Wildman–Crippen LogP) is 4.38. The van der Waals surface area contributed by atoms with Gasteiger partial charge in [-0.3, -0.25) is 4.79 Å². The van der Waals surface area contributed by atoms with E-state index in [1.807, 2.05) is 19.1 Å². The summed E-state index contributed by atoms with van der Waals surface area (Å²) in [6.07, 6.45) is 1.63.